The molecule has 0 amide bonds. The molecule has 1 N–H and O–H groups in total. The largest absolute Gasteiger partial charge is 0.462 e. The number of fused-ring (bicyclic) bond motifs is 6. The Kier molecular flexibility index (Phi) is 20.0. The fourth-order valence-corrected chi connectivity index (χ4v) is 17.4. The van der Waals surface area contributed by atoms with E-state index in [0.717, 1.165) is 59.8 Å². The number of carbonyl (C=O) groups is 5. The number of aliphatic hydroxyl groups is 1. The standard InChI is InChI=1S/C71H102O10/c1-46(22-18-23-48(3)26-33-62-65(8,9)41-55(78-52(7)73)43-69(62,14)77)20-16-17-21-47(2)24-19-25-50(5)61(74)45-71-66(10,11)42-56(44-70(71,15)81-71)80-63(75)34-27-49(4)58-31-32-59-57-30-29-53-40-54(79-64(76)35-28-51(6)72)36-38-67(53,12)60(57)37-39-68(58,59)13/h16-26,49,53-60,77H,27-32,34-45H2,1-15H3/b17-16+,22-18+,24-19+,46-20+,47-21+,48-23+,50-25+/t33?,49-,53-,54-,55+,56+,57+,58-,59+,60+,67+,68-,69-,70-,71+/m1/s1. The zero-order valence-electron chi connectivity index (χ0n) is 52.4. The zero-order chi connectivity index (χ0) is 59.5. The van der Waals surface area contributed by atoms with Gasteiger partial charge in [-0.05, 0) is 194 Å². The number of allylic oxidation sites excluding steroid dienone is 14. The smallest absolute Gasteiger partial charge is 0.306 e. The minimum Gasteiger partial charge on any atom is -0.462 e. The highest BCUT2D eigenvalue weighted by atomic mass is 16.6. The summed E-state index contributed by atoms with van der Waals surface area (Å²) in [5.74, 6) is 3.22. The molecule has 7 rings (SSSR count). The van der Waals surface area contributed by atoms with Crippen molar-refractivity contribution in [3.05, 3.63) is 100 Å². The number of rotatable bonds is 20. The molecule has 0 aromatic carbocycles. The lowest BCUT2D eigenvalue weighted by atomic mass is 9.44. The van der Waals surface area contributed by atoms with E-state index in [1.165, 1.54) is 52.4 Å². The molecule has 0 radical (unpaired) electrons. The minimum absolute atomic E-state index is 0.0185. The van der Waals surface area contributed by atoms with Gasteiger partial charge < -0.3 is 28.8 Å². The maximum atomic E-state index is 13.8. The molecule has 1 heterocycles. The fraction of sp³-hybridized carbons (Fsp3) is 0.690. The SMILES string of the molecule is CC(=O)CCC(=O)O[C@@H]1CC[C@@]2(C)[C@H](CC[C@@H]3[C@@H]2CC[C@]2(C)[C@@H]([C@H](C)CCC(=O)O[C@H]4CC(C)(C)[C@]5(CC(=O)/C(C)=C/C=C/C(C)=C/C=C/C=C(C)/C=C/C=C(\C)C=C=C6C(C)(C)C[C@H](OC(C)=O)C[C@@]6(C)O)O[C@]5(C)C4)CC[C@@H]32)C1. The Balaban J connectivity index is 0.836. The molecular weight excluding hydrogens is 1010 g/mol. The van der Waals surface area contributed by atoms with Gasteiger partial charge in [-0.1, -0.05) is 120 Å². The Morgan fingerprint density at radius 3 is 1.89 bits per heavy atom. The highest BCUT2D eigenvalue weighted by Crippen LogP contribution is 2.70. The van der Waals surface area contributed by atoms with E-state index in [1.807, 2.05) is 94.5 Å². The second kappa shape index (κ2) is 25.3. The summed E-state index contributed by atoms with van der Waals surface area (Å²) in [4.78, 5) is 63.0. The maximum absolute atomic E-state index is 13.8. The number of esters is 3. The van der Waals surface area contributed by atoms with Gasteiger partial charge in [-0.2, -0.15) is 0 Å². The first-order valence-corrected chi connectivity index (χ1v) is 31.0. The number of Topliss-reactive ketones (excluding diaryl/α,β-unsaturated/α-hetero) is 2. The van der Waals surface area contributed by atoms with Crippen molar-refractivity contribution in [2.75, 3.05) is 0 Å². The van der Waals surface area contributed by atoms with Crippen molar-refractivity contribution in [2.24, 2.45) is 57.2 Å². The Morgan fingerprint density at radius 1 is 0.642 bits per heavy atom. The van der Waals surface area contributed by atoms with Crippen LogP contribution >= 0.6 is 0 Å². The summed E-state index contributed by atoms with van der Waals surface area (Å²) in [6.07, 6.45) is 36.0. The van der Waals surface area contributed by atoms with E-state index in [1.54, 1.807) is 6.92 Å². The zero-order valence-corrected chi connectivity index (χ0v) is 52.4. The third-order valence-corrected chi connectivity index (χ3v) is 21.6. The summed E-state index contributed by atoms with van der Waals surface area (Å²) < 4.78 is 24.3. The highest BCUT2D eigenvalue weighted by Gasteiger charge is 2.76. The molecule has 7 fully saturated rings. The minimum atomic E-state index is -1.13. The molecule has 1 aliphatic heterocycles. The molecule has 446 valence electrons. The number of hydrogen-bond acceptors (Lipinski definition) is 10. The van der Waals surface area contributed by atoms with Gasteiger partial charge in [-0.3, -0.25) is 19.2 Å². The van der Waals surface area contributed by atoms with Gasteiger partial charge in [0.1, 0.15) is 29.7 Å². The first-order chi connectivity index (χ1) is 37.8. The average molecular weight is 1120 g/mol. The molecule has 10 nitrogen and oxygen atoms in total. The molecule has 6 saturated carbocycles. The van der Waals surface area contributed by atoms with Crippen LogP contribution in [0.4, 0.5) is 0 Å². The predicted molar refractivity (Wildman–Crippen MR) is 321 cm³/mol. The van der Waals surface area contributed by atoms with Crippen LogP contribution in [0.1, 0.15) is 219 Å². The third kappa shape index (κ3) is 14.7. The molecule has 0 bridgehead atoms. The molecule has 0 spiro atoms. The summed E-state index contributed by atoms with van der Waals surface area (Å²) >= 11 is 0. The number of ether oxygens (including phenoxy) is 4. The Labute approximate surface area is 487 Å². The summed E-state index contributed by atoms with van der Waals surface area (Å²) in [5, 5.41) is 11.2. The quantitative estimate of drug-likeness (QED) is 0.0312. The molecule has 7 aliphatic rings. The van der Waals surface area contributed by atoms with Crippen LogP contribution in [0.3, 0.4) is 0 Å². The van der Waals surface area contributed by atoms with Crippen molar-refractivity contribution in [1.82, 2.24) is 0 Å². The topological polar surface area (TPSA) is 146 Å². The first-order valence-electron chi connectivity index (χ1n) is 31.0. The van der Waals surface area contributed by atoms with Crippen molar-refractivity contribution in [2.45, 2.75) is 255 Å². The summed E-state index contributed by atoms with van der Waals surface area (Å²) in [5.41, 5.74) is 5.54. The molecule has 81 heavy (non-hydrogen) atoms. The molecule has 0 unspecified atom stereocenters. The Morgan fingerprint density at radius 2 is 1.25 bits per heavy atom. The van der Waals surface area contributed by atoms with E-state index in [-0.39, 0.29) is 82.3 Å². The van der Waals surface area contributed by atoms with Crippen molar-refractivity contribution < 1.29 is 48.0 Å². The van der Waals surface area contributed by atoms with E-state index in [9.17, 15) is 29.1 Å². The molecule has 1 saturated heterocycles. The highest BCUT2D eigenvalue weighted by molar-refractivity contribution is 5.96. The second-order valence-electron chi connectivity index (χ2n) is 28.8. The Bertz CT molecular complexity index is 2660. The van der Waals surface area contributed by atoms with E-state index in [4.69, 9.17) is 18.9 Å². The van der Waals surface area contributed by atoms with Crippen LogP contribution in [0.25, 0.3) is 0 Å². The lowest BCUT2D eigenvalue weighted by Gasteiger charge is -2.61. The van der Waals surface area contributed by atoms with Crippen LogP contribution in [0, 0.1) is 57.2 Å². The molecule has 14 atom stereocenters. The number of carbonyl (C=O) groups excluding carboxylic acids is 5. The third-order valence-electron chi connectivity index (χ3n) is 21.6. The predicted octanol–water partition coefficient (Wildman–Crippen LogP) is 15.6. The van der Waals surface area contributed by atoms with E-state index in [0.29, 0.717) is 67.8 Å². The van der Waals surface area contributed by atoms with Crippen molar-refractivity contribution in [3.63, 3.8) is 0 Å². The molecule has 10 heteroatoms. The van der Waals surface area contributed by atoms with Crippen LogP contribution in [0.5, 0.6) is 0 Å². The van der Waals surface area contributed by atoms with E-state index < -0.39 is 16.8 Å². The number of ketones is 2. The van der Waals surface area contributed by atoms with Gasteiger partial charge in [0.25, 0.3) is 0 Å². The summed E-state index contributed by atoms with van der Waals surface area (Å²) in [6.45, 7) is 30.7. The van der Waals surface area contributed by atoms with Gasteiger partial charge in [0.15, 0.2) is 5.78 Å². The van der Waals surface area contributed by atoms with E-state index >= 15 is 0 Å². The lowest BCUT2D eigenvalue weighted by molar-refractivity contribution is -0.163. The molecule has 0 aromatic rings. The van der Waals surface area contributed by atoms with Crippen LogP contribution in [-0.4, -0.2) is 69.7 Å². The van der Waals surface area contributed by atoms with Gasteiger partial charge in [0, 0.05) is 50.0 Å². The van der Waals surface area contributed by atoms with Crippen molar-refractivity contribution in [1.29, 1.82) is 0 Å². The maximum Gasteiger partial charge on any atom is 0.306 e. The van der Waals surface area contributed by atoms with Gasteiger partial charge >= 0.3 is 17.9 Å². The van der Waals surface area contributed by atoms with Crippen LogP contribution in [-0.2, 0) is 42.9 Å². The summed E-state index contributed by atoms with van der Waals surface area (Å²) in [6, 6.07) is 0. The average Bonchev–Trinajstić information content (AvgIpc) is 2.09. The molecule has 6 aliphatic carbocycles. The van der Waals surface area contributed by atoms with E-state index in [2.05, 4.69) is 61.1 Å². The van der Waals surface area contributed by atoms with Crippen LogP contribution in [0.15, 0.2) is 100 Å². The van der Waals surface area contributed by atoms with Gasteiger partial charge in [-0.15, -0.1) is 5.73 Å². The van der Waals surface area contributed by atoms with Crippen LogP contribution < -0.4 is 0 Å². The van der Waals surface area contributed by atoms with Crippen molar-refractivity contribution >= 4 is 29.5 Å². The number of hydrogen-bond donors (Lipinski definition) is 1. The second-order valence-corrected chi connectivity index (χ2v) is 28.8. The van der Waals surface area contributed by atoms with Crippen LogP contribution in [0.2, 0.25) is 0 Å². The lowest BCUT2D eigenvalue weighted by Crippen LogP contribution is -2.54. The Hall–Kier alpha value is -4.63. The number of epoxide rings is 1. The molecule has 0 aromatic heterocycles. The van der Waals surface area contributed by atoms with Gasteiger partial charge in [0.2, 0.25) is 0 Å². The molecular formula is C71H102O10. The van der Waals surface area contributed by atoms with Crippen molar-refractivity contribution in [3.8, 4) is 0 Å². The summed E-state index contributed by atoms with van der Waals surface area (Å²) in [7, 11) is 0. The first kappa shape index (κ1) is 63.9. The fourth-order valence-electron chi connectivity index (χ4n) is 17.4. The monoisotopic (exact) mass is 1110 g/mol. The normalized spacial score (nSPS) is 36.9. The van der Waals surface area contributed by atoms with Gasteiger partial charge in [0.05, 0.1) is 17.6 Å². The van der Waals surface area contributed by atoms with Gasteiger partial charge in [-0.25, -0.2) is 0 Å².